The third-order valence-electron chi connectivity index (χ3n) is 4.79. The smallest absolute Gasteiger partial charge is 0.248 e. The molecule has 0 fully saturated rings. The van der Waals surface area contributed by atoms with Crippen molar-refractivity contribution in [1.29, 1.82) is 0 Å². The molecule has 4 rings (SSSR count). The van der Waals surface area contributed by atoms with Crippen LogP contribution in [0.2, 0.25) is 0 Å². The molecule has 4 aromatic rings. The number of pyridine rings is 1. The number of carbonyl (C=O) groups is 1. The second-order valence-electron chi connectivity index (χ2n) is 6.83. The summed E-state index contributed by atoms with van der Waals surface area (Å²) in [6.07, 6.45) is 6.72. The molecule has 1 amide bonds. The number of amides is 1. The van der Waals surface area contributed by atoms with Gasteiger partial charge in [0, 0.05) is 40.2 Å². The van der Waals surface area contributed by atoms with Crippen LogP contribution in [0.15, 0.2) is 73.1 Å². The molecule has 2 aromatic carbocycles. The zero-order valence-electron chi connectivity index (χ0n) is 16.2. The number of halogens is 1. The molecule has 0 aliphatic carbocycles. The number of anilines is 1. The van der Waals surface area contributed by atoms with Gasteiger partial charge in [-0.05, 0) is 49.2 Å². The Kier molecular flexibility index (Phi) is 4.96. The van der Waals surface area contributed by atoms with Crippen LogP contribution in [0.4, 0.5) is 10.1 Å². The Labute approximate surface area is 168 Å². The number of rotatable bonds is 4. The predicted octanol–water partition coefficient (Wildman–Crippen LogP) is 5.86. The average Bonchev–Trinajstić information content (AvgIpc) is 3.13. The first-order valence-corrected chi connectivity index (χ1v) is 9.33. The van der Waals surface area contributed by atoms with Gasteiger partial charge in [0.05, 0.1) is 0 Å². The molecule has 29 heavy (non-hydrogen) atoms. The number of fused-ring (bicyclic) bond motifs is 1. The van der Waals surface area contributed by atoms with Crippen molar-refractivity contribution in [3.63, 3.8) is 0 Å². The Morgan fingerprint density at radius 2 is 1.93 bits per heavy atom. The molecule has 0 spiro atoms. The fourth-order valence-electron chi connectivity index (χ4n) is 3.35. The van der Waals surface area contributed by atoms with Crippen LogP contribution in [-0.4, -0.2) is 15.9 Å². The van der Waals surface area contributed by atoms with Gasteiger partial charge >= 0.3 is 0 Å². The van der Waals surface area contributed by atoms with Gasteiger partial charge < -0.3 is 10.3 Å². The van der Waals surface area contributed by atoms with Crippen molar-refractivity contribution in [1.82, 2.24) is 9.97 Å². The number of nitrogens with one attached hydrogen (secondary N) is 2. The number of aromatic amines is 1. The summed E-state index contributed by atoms with van der Waals surface area (Å²) in [6.45, 7) is 3.55. The summed E-state index contributed by atoms with van der Waals surface area (Å²) in [5.74, 6) is -0.409. The van der Waals surface area contributed by atoms with Crippen LogP contribution in [0.3, 0.4) is 0 Å². The average molecular weight is 385 g/mol. The van der Waals surface area contributed by atoms with Gasteiger partial charge in [0.25, 0.3) is 0 Å². The molecule has 0 saturated carbocycles. The summed E-state index contributed by atoms with van der Waals surface area (Å²) in [5, 5.41) is 3.68. The minimum atomic E-state index is -0.229. The molecule has 2 N–H and O–H groups in total. The molecule has 0 atom stereocenters. The Hall–Kier alpha value is -3.73. The van der Waals surface area contributed by atoms with Crippen LogP contribution in [0.1, 0.15) is 12.5 Å². The third-order valence-corrected chi connectivity index (χ3v) is 4.79. The van der Waals surface area contributed by atoms with Crippen LogP contribution in [-0.2, 0) is 4.79 Å². The minimum Gasteiger partial charge on any atom is -0.346 e. The number of benzene rings is 2. The van der Waals surface area contributed by atoms with E-state index < -0.39 is 0 Å². The highest BCUT2D eigenvalue weighted by Crippen LogP contribution is 2.33. The highest BCUT2D eigenvalue weighted by molar-refractivity contribution is 6.00. The molecule has 5 heteroatoms. The monoisotopic (exact) mass is 385 g/mol. The SMILES string of the molecule is C/C=C/C(=O)Nc1cccc(-c2cnc3[nH]cc(-c4cccc(C)c4F)c3c2)c1. The van der Waals surface area contributed by atoms with E-state index in [-0.39, 0.29) is 11.7 Å². The van der Waals surface area contributed by atoms with Gasteiger partial charge in [-0.2, -0.15) is 0 Å². The van der Waals surface area contributed by atoms with Crippen LogP contribution in [0, 0.1) is 12.7 Å². The van der Waals surface area contributed by atoms with Gasteiger partial charge in [-0.1, -0.05) is 36.4 Å². The maximum Gasteiger partial charge on any atom is 0.248 e. The normalized spacial score (nSPS) is 11.3. The number of hydrogen-bond acceptors (Lipinski definition) is 2. The molecular weight excluding hydrogens is 365 g/mol. The van der Waals surface area contributed by atoms with Gasteiger partial charge in [-0.3, -0.25) is 4.79 Å². The molecule has 144 valence electrons. The Morgan fingerprint density at radius 3 is 2.76 bits per heavy atom. The number of carbonyl (C=O) groups excluding carboxylic acids is 1. The van der Waals surface area contributed by atoms with E-state index in [1.54, 1.807) is 44.4 Å². The van der Waals surface area contributed by atoms with E-state index in [0.717, 1.165) is 22.1 Å². The summed E-state index contributed by atoms with van der Waals surface area (Å²) in [4.78, 5) is 19.4. The van der Waals surface area contributed by atoms with Crippen molar-refractivity contribution in [3.8, 4) is 22.3 Å². The van der Waals surface area contributed by atoms with Crippen LogP contribution in [0.25, 0.3) is 33.3 Å². The highest BCUT2D eigenvalue weighted by atomic mass is 19.1. The lowest BCUT2D eigenvalue weighted by Crippen LogP contribution is -2.07. The van der Waals surface area contributed by atoms with Crippen LogP contribution < -0.4 is 5.32 Å². The Morgan fingerprint density at radius 1 is 1.10 bits per heavy atom. The largest absolute Gasteiger partial charge is 0.346 e. The van der Waals surface area contributed by atoms with Crippen molar-refractivity contribution in [2.24, 2.45) is 0 Å². The quantitative estimate of drug-likeness (QED) is 0.432. The lowest BCUT2D eigenvalue weighted by molar-refractivity contribution is -0.111. The van der Waals surface area contributed by atoms with Crippen molar-refractivity contribution >= 4 is 22.6 Å². The van der Waals surface area contributed by atoms with E-state index in [1.165, 1.54) is 6.08 Å². The van der Waals surface area contributed by atoms with Gasteiger partial charge in [0.2, 0.25) is 5.91 Å². The number of H-pyrrole nitrogens is 1. The molecular formula is C24H20FN3O. The van der Waals surface area contributed by atoms with Crippen molar-refractivity contribution in [3.05, 3.63) is 84.5 Å². The third kappa shape index (κ3) is 3.67. The molecule has 2 aromatic heterocycles. The number of aromatic nitrogens is 2. The van der Waals surface area contributed by atoms with E-state index >= 15 is 0 Å². The molecule has 2 heterocycles. The molecule has 0 aliphatic heterocycles. The Bertz CT molecular complexity index is 1240. The lowest BCUT2D eigenvalue weighted by atomic mass is 10.0. The summed E-state index contributed by atoms with van der Waals surface area (Å²) >= 11 is 0. The van der Waals surface area contributed by atoms with Crippen molar-refractivity contribution in [2.75, 3.05) is 5.32 Å². The standard InChI is InChI=1S/C24H20FN3O/c1-3-6-22(29)28-18-9-5-8-16(11-18)17-12-20-21(14-27-24(20)26-13-17)19-10-4-7-15(2)23(19)25/h3-14H,1-2H3,(H,26,27)(H,28,29)/b6-3+. The maximum atomic E-state index is 14.7. The van der Waals surface area contributed by atoms with Crippen molar-refractivity contribution in [2.45, 2.75) is 13.8 Å². The number of aryl methyl sites for hydroxylation is 1. The zero-order chi connectivity index (χ0) is 20.4. The first kappa shape index (κ1) is 18.6. The lowest BCUT2D eigenvalue weighted by Gasteiger charge is -2.08. The zero-order valence-corrected chi connectivity index (χ0v) is 16.2. The predicted molar refractivity (Wildman–Crippen MR) is 115 cm³/mol. The number of hydrogen-bond donors (Lipinski definition) is 2. The summed E-state index contributed by atoms with van der Waals surface area (Å²) in [7, 11) is 0. The molecule has 0 radical (unpaired) electrons. The summed E-state index contributed by atoms with van der Waals surface area (Å²) in [5.41, 5.74) is 5.11. The fraction of sp³-hybridized carbons (Fsp3) is 0.0833. The topological polar surface area (TPSA) is 57.8 Å². The van der Waals surface area contributed by atoms with Crippen molar-refractivity contribution < 1.29 is 9.18 Å². The molecule has 0 bridgehead atoms. The van der Waals surface area contributed by atoms with E-state index in [2.05, 4.69) is 15.3 Å². The first-order chi connectivity index (χ1) is 14.1. The number of nitrogens with zero attached hydrogens (tertiary/aromatic N) is 1. The molecule has 4 nitrogen and oxygen atoms in total. The van der Waals surface area contributed by atoms with Gasteiger partial charge in [0.1, 0.15) is 11.5 Å². The van der Waals surface area contributed by atoms with Gasteiger partial charge in [-0.15, -0.1) is 0 Å². The minimum absolute atomic E-state index is 0.180. The summed E-state index contributed by atoms with van der Waals surface area (Å²) < 4.78 is 14.7. The fourth-order valence-corrected chi connectivity index (χ4v) is 3.35. The molecule has 0 saturated heterocycles. The number of allylic oxidation sites excluding steroid dienone is 1. The van der Waals surface area contributed by atoms with E-state index in [9.17, 15) is 9.18 Å². The molecule has 0 aliphatic rings. The van der Waals surface area contributed by atoms with Crippen LogP contribution in [0.5, 0.6) is 0 Å². The maximum absolute atomic E-state index is 14.7. The van der Waals surface area contributed by atoms with Gasteiger partial charge in [-0.25, -0.2) is 9.37 Å². The van der Waals surface area contributed by atoms with E-state index in [0.29, 0.717) is 22.5 Å². The first-order valence-electron chi connectivity index (χ1n) is 9.33. The van der Waals surface area contributed by atoms with E-state index in [1.807, 2.05) is 36.4 Å². The second kappa shape index (κ2) is 7.72. The van der Waals surface area contributed by atoms with E-state index in [4.69, 9.17) is 0 Å². The Balaban J connectivity index is 1.77. The van der Waals surface area contributed by atoms with Crippen LogP contribution >= 0.6 is 0 Å². The summed E-state index contributed by atoms with van der Waals surface area (Å²) in [6, 6.07) is 14.9. The van der Waals surface area contributed by atoms with Gasteiger partial charge in [0.15, 0.2) is 0 Å². The highest BCUT2D eigenvalue weighted by Gasteiger charge is 2.14. The molecule has 0 unspecified atom stereocenters. The second-order valence-corrected chi connectivity index (χ2v) is 6.83.